The largest absolute Gasteiger partial charge is 0.324 e. The Bertz CT molecular complexity index is 984. The zero-order valence-electron chi connectivity index (χ0n) is 14.4. The maximum Gasteiger partial charge on any atom is 0.234 e. The third kappa shape index (κ3) is 4.93. The maximum atomic E-state index is 12.3. The fourth-order valence-corrected chi connectivity index (χ4v) is 4.26. The summed E-state index contributed by atoms with van der Waals surface area (Å²) < 4.78 is 1.95. The van der Waals surface area contributed by atoms with Crippen LogP contribution in [0.25, 0.3) is 11.4 Å². The van der Waals surface area contributed by atoms with Gasteiger partial charge in [-0.15, -0.1) is 28.1 Å². The number of allylic oxidation sites excluding steroid dienone is 1. The monoisotopic (exact) mass is 438 g/mol. The molecule has 0 fully saturated rings. The molecule has 1 aromatic carbocycles. The lowest BCUT2D eigenvalue weighted by Gasteiger charge is -2.08. The first kappa shape index (κ1) is 19.9. The van der Waals surface area contributed by atoms with Crippen LogP contribution in [0, 0.1) is 6.92 Å². The number of aryl methyl sites for hydroxylation is 1. The van der Waals surface area contributed by atoms with Gasteiger partial charge in [-0.1, -0.05) is 41.0 Å². The van der Waals surface area contributed by atoms with Gasteiger partial charge in [0.15, 0.2) is 11.0 Å². The lowest BCUT2D eigenvalue weighted by atomic mass is 10.3. The summed E-state index contributed by atoms with van der Waals surface area (Å²) in [4.78, 5) is 13.5. The minimum atomic E-state index is -0.190. The molecule has 2 aromatic heterocycles. The highest BCUT2D eigenvalue weighted by Crippen LogP contribution is 2.28. The first-order valence-corrected chi connectivity index (χ1v) is 10.6. The van der Waals surface area contributed by atoms with Crippen LogP contribution in [0.4, 0.5) is 5.69 Å². The van der Waals surface area contributed by atoms with Gasteiger partial charge in [0.2, 0.25) is 5.91 Å². The number of nitrogens with one attached hydrogen (secondary N) is 1. The molecular weight excluding hydrogens is 423 g/mol. The van der Waals surface area contributed by atoms with Crippen molar-refractivity contribution in [1.29, 1.82) is 0 Å². The van der Waals surface area contributed by atoms with Crippen molar-refractivity contribution in [2.45, 2.75) is 18.6 Å². The molecule has 5 nitrogen and oxygen atoms in total. The number of aromatic nitrogens is 3. The summed E-state index contributed by atoms with van der Waals surface area (Å²) >= 11 is 14.9. The lowest BCUT2D eigenvalue weighted by Crippen LogP contribution is -2.15. The number of rotatable bonds is 7. The first-order chi connectivity index (χ1) is 13.0. The highest BCUT2D eigenvalue weighted by Gasteiger charge is 2.16. The summed E-state index contributed by atoms with van der Waals surface area (Å²) in [6, 6.07) is 7.00. The van der Waals surface area contributed by atoms with E-state index in [9.17, 15) is 4.79 Å². The Balaban J connectivity index is 1.71. The van der Waals surface area contributed by atoms with Crippen molar-refractivity contribution in [3.8, 4) is 11.4 Å². The van der Waals surface area contributed by atoms with E-state index < -0.39 is 0 Å². The van der Waals surface area contributed by atoms with Gasteiger partial charge < -0.3 is 5.32 Å². The number of benzene rings is 1. The summed E-state index contributed by atoms with van der Waals surface area (Å²) in [6.07, 6.45) is 1.78. The molecule has 0 aliphatic heterocycles. The summed E-state index contributed by atoms with van der Waals surface area (Å²) in [5.41, 5.74) is 1.53. The van der Waals surface area contributed by atoms with E-state index in [1.54, 1.807) is 35.6 Å². The molecule has 0 unspecified atom stereocenters. The fraction of sp³-hybridized carbons (Fsp3) is 0.167. The van der Waals surface area contributed by atoms with Crippen LogP contribution in [0.1, 0.15) is 4.88 Å². The van der Waals surface area contributed by atoms with Crippen molar-refractivity contribution in [1.82, 2.24) is 14.8 Å². The average molecular weight is 439 g/mol. The van der Waals surface area contributed by atoms with E-state index in [1.165, 1.54) is 16.6 Å². The van der Waals surface area contributed by atoms with Crippen LogP contribution in [0.15, 0.2) is 47.5 Å². The van der Waals surface area contributed by atoms with Crippen LogP contribution in [0.2, 0.25) is 10.0 Å². The molecule has 0 atom stereocenters. The predicted octanol–water partition coefficient (Wildman–Crippen LogP) is 5.54. The Hall–Kier alpha value is -1.80. The molecule has 3 rings (SSSR count). The van der Waals surface area contributed by atoms with Crippen LogP contribution in [0.5, 0.6) is 0 Å². The second-order valence-corrected chi connectivity index (χ2v) is 8.51. The quantitative estimate of drug-likeness (QED) is 0.388. The van der Waals surface area contributed by atoms with Crippen molar-refractivity contribution < 1.29 is 4.79 Å². The van der Waals surface area contributed by atoms with Crippen molar-refractivity contribution in [3.05, 3.63) is 57.2 Å². The van der Waals surface area contributed by atoms with E-state index in [-0.39, 0.29) is 11.7 Å². The second-order valence-electron chi connectivity index (χ2n) is 5.61. The lowest BCUT2D eigenvalue weighted by molar-refractivity contribution is -0.113. The molecule has 27 heavy (non-hydrogen) atoms. The van der Waals surface area contributed by atoms with E-state index in [4.69, 9.17) is 23.2 Å². The zero-order chi connectivity index (χ0) is 19.4. The third-order valence-corrected chi connectivity index (χ3v) is 5.93. The number of carbonyl (C=O) groups excluding carboxylic acids is 1. The van der Waals surface area contributed by atoms with E-state index in [2.05, 4.69) is 28.2 Å². The fourth-order valence-electron chi connectivity index (χ4n) is 2.37. The van der Waals surface area contributed by atoms with Crippen molar-refractivity contribution >= 4 is 57.9 Å². The third-order valence-electron chi connectivity index (χ3n) is 3.55. The Morgan fingerprint density at radius 3 is 2.85 bits per heavy atom. The number of anilines is 1. The molecule has 0 spiro atoms. The normalized spacial score (nSPS) is 10.8. The highest BCUT2D eigenvalue weighted by atomic mass is 35.5. The molecule has 0 saturated heterocycles. The predicted molar refractivity (Wildman–Crippen MR) is 114 cm³/mol. The molecule has 0 bridgehead atoms. The summed E-state index contributed by atoms with van der Waals surface area (Å²) in [6.45, 7) is 6.40. The molecule has 140 valence electrons. The van der Waals surface area contributed by atoms with Gasteiger partial charge in [-0.3, -0.25) is 9.36 Å². The van der Waals surface area contributed by atoms with Gasteiger partial charge in [-0.05, 0) is 31.2 Å². The molecule has 1 N–H and O–H groups in total. The molecule has 0 radical (unpaired) electrons. The Morgan fingerprint density at radius 2 is 2.19 bits per heavy atom. The van der Waals surface area contributed by atoms with E-state index in [0.717, 1.165) is 11.4 Å². The molecule has 0 saturated carbocycles. The van der Waals surface area contributed by atoms with Gasteiger partial charge >= 0.3 is 0 Å². The van der Waals surface area contributed by atoms with Gasteiger partial charge in [-0.2, -0.15) is 0 Å². The van der Waals surface area contributed by atoms with Crippen LogP contribution >= 0.6 is 46.3 Å². The van der Waals surface area contributed by atoms with E-state index in [0.29, 0.717) is 27.4 Å². The maximum absolute atomic E-state index is 12.3. The Labute approximate surface area is 175 Å². The molecule has 2 heterocycles. The second kappa shape index (κ2) is 8.93. The van der Waals surface area contributed by atoms with Crippen LogP contribution < -0.4 is 5.32 Å². The molecule has 0 aliphatic rings. The van der Waals surface area contributed by atoms with Gasteiger partial charge in [-0.25, -0.2) is 0 Å². The number of amides is 1. The number of thioether (sulfide) groups is 1. The zero-order valence-corrected chi connectivity index (χ0v) is 17.6. The van der Waals surface area contributed by atoms with Crippen LogP contribution in [-0.4, -0.2) is 26.4 Å². The minimum absolute atomic E-state index is 0.177. The molecular formula is C18H16Cl2N4OS2. The topological polar surface area (TPSA) is 59.8 Å². The number of hydrogen-bond acceptors (Lipinski definition) is 5. The van der Waals surface area contributed by atoms with E-state index in [1.807, 2.05) is 16.9 Å². The number of halogens is 2. The molecule has 1 amide bonds. The number of thiophene rings is 1. The summed E-state index contributed by atoms with van der Waals surface area (Å²) in [5.74, 6) is 0.755. The smallest absolute Gasteiger partial charge is 0.234 e. The van der Waals surface area contributed by atoms with Crippen molar-refractivity contribution in [2.24, 2.45) is 0 Å². The number of nitrogens with zero attached hydrogens (tertiary/aromatic N) is 3. The number of carbonyl (C=O) groups is 1. The van der Waals surface area contributed by atoms with Crippen LogP contribution in [-0.2, 0) is 11.3 Å². The van der Waals surface area contributed by atoms with Crippen LogP contribution in [0.3, 0.4) is 0 Å². The number of hydrogen-bond donors (Lipinski definition) is 1. The SMILES string of the molecule is C=CCn1c(SCC(=O)Nc2ccc(Cl)cc2Cl)nnc1-c1csc(C)c1. The minimum Gasteiger partial charge on any atom is -0.324 e. The van der Waals surface area contributed by atoms with E-state index >= 15 is 0 Å². The van der Waals surface area contributed by atoms with Crippen molar-refractivity contribution in [2.75, 3.05) is 11.1 Å². The molecule has 3 aromatic rings. The average Bonchev–Trinajstić information content (AvgIpc) is 3.22. The standard InChI is InChI=1S/C18H16Cl2N4OS2/c1-3-6-24-17(12-7-11(2)26-9-12)22-23-18(24)27-10-16(25)21-15-5-4-13(19)8-14(15)20/h3-5,7-9H,1,6,10H2,2H3,(H,21,25). The highest BCUT2D eigenvalue weighted by molar-refractivity contribution is 7.99. The van der Waals surface area contributed by atoms with Gasteiger partial charge in [0.05, 0.1) is 16.5 Å². The Morgan fingerprint density at radius 1 is 1.37 bits per heavy atom. The van der Waals surface area contributed by atoms with Gasteiger partial charge in [0, 0.05) is 27.4 Å². The molecule has 0 aliphatic carbocycles. The summed E-state index contributed by atoms with van der Waals surface area (Å²) in [5, 5.41) is 14.9. The van der Waals surface area contributed by atoms with Gasteiger partial charge in [0.1, 0.15) is 0 Å². The summed E-state index contributed by atoms with van der Waals surface area (Å²) in [7, 11) is 0. The van der Waals surface area contributed by atoms with Crippen molar-refractivity contribution in [3.63, 3.8) is 0 Å². The first-order valence-electron chi connectivity index (χ1n) is 7.95. The molecule has 9 heteroatoms. The Kier molecular flexibility index (Phi) is 6.59. The van der Waals surface area contributed by atoms with Gasteiger partial charge in [0.25, 0.3) is 0 Å².